The van der Waals surface area contributed by atoms with Crippen LogP contribution in [0.4, 0.5) is 0 Å². The van der Waals surface area contributed by atoms with Crippen LogP contribution in [-0.2, 0) is 5.41 Å². The van der Waals surface area contributed by atoms with Gasteiger partial charge in [0.1, 0.15) is 0 Å². The Morgan fingerprint density at radius 2 is 0.887 bits per heavy atom. The highest BCUT2D eigenvalue weighted by Gasteiger charge is 2.48. The monoisotopic (exact) mass is 787 g/mol. The van der Waals surface area contributed by atoms with Gasteiger partial charge in [-0.2, -0.15) is 10.5 Å². The molecule has 286 valence electrons. The Bertz CT molecular complexity index is 3830. The van der Waals surface area contributed by atoms with E-state index in [1.807, 2.05) is 18.2 Å². The Labute approximate surface area is 356 Å². The first-order valence-electron chi connectivity index (χ1n) is 21.7. The first-order chi connectivity index (χ1) is 30.4. The number of ketones is 1. The van der Waals surface area contributed by atoms with Crippen LogP contribution in [0.3, 0.4) is 0 Å². The first kappa shape index (κ1) is 33.0. The number of fused-ring (bicyclic) bond motifs is 9. The highest BCUT2D eigenvalue weighted by molar-refractivity contribution is 6.33. The molecule has 0 saturated heterocycles. The molecule has 62 heavy (non-hydrogen) atoms. The minimum atomic E-state index is -0.503. The number of carbonyl (C=O) groups is 1. The molecular formula is C58H33N3O. The summed E-state index contributed by atoms with van der Waals surface area (Å²) in [6.07, 6.45) is 0. The summed E-state index contributed by atoms with van der Waals surface area (Å²) in [5, 5.41) is 26.8. The maximum atomic E-state index is 15.5. The number of rotatable bonds is 0. The second kappa shape index (κ2) is 10.7. The molecule has 2 heterocycles. The fraction of sp³-hybridized carbons (Fsp3) is 0.121. The number of carbonyl (C=O) groups excluding carboxylic acids is 1. The third-order valence-corrected chi connectivity index (χ3v) is 15.9. The normalized spacial score (nSPS) is 19.9. The second-order valence-corrected chi connectivity index (χ2v) is 18.7. The molecular weight excluding hydrogens is 755 g/mol. The molecule has 7 aliphatic rings. The quantitative estimate of drug-likeness (QED) is 0.154. The molecule has 4 nitrogen and oxygen atoms in total. The van der Waals surface area contributed by atoms with Crippen LogP contribution in [0.25, 0.3) is 38.1 Å². The molecule has 17 rings (SSSR count). The van der Waals surface area contributed by atoms with Gasteiger partial charge in [-0.15, -0.1) is 0 Å². The fourth-order valence-corrected chi connectivity index (χ4v) is 13.7. The van der Waals surface area contributed by atoms with Crippen LogP contribution >= 0.6 is 0 Å². The van der Waals surface area contributed by atoms with Crippen LogP contribution in [0.5, 0.6) is 0 Å². The Hall–Kier alpha value is -7.79. The van der Waals surface area contributed by atoms with Gasteiger partial charge in [-0.25, -0.2) is 0 Å². The van der Waals surface area contributed by atoms with Crippen molar-refractivity contribution in [2.45, 2.75) is 42.9 Å². The molecule has 0 aliphatic heterocycles. The first-order valence-corrected chi connectivity index (χ1v) is 21.7. The summed E-state index contributed by atoms with van der Waals surface area (Å²) in [6.45, 7) is 4.54. The van der Waals surface area contributed by atoms with Crippen molar-refractivity contribution >= 4 is 43.9 Å². The maximum Gasteiger partial charge on any atom is 0.194 e. The van der Waals surface area contributed by atoms with Crippen molar-refractivity contribution in [2.24, 2.45) is 0 Å². The van der Waals surface area contributed by atoms with Crippen molar-refractivity contribution in [3.63, 3.8) is 0 Å². The number of aromatic nitrogens is 1. The van der Waals surface area contributed by atoms with E-state index >= 15 is 4.79 Å². The van der Waals surface area contributed by atoms with Crippen molar-refractivity contribution in [3.05, 3.63) is 240 Å². The average molecular weight is 788 g/mol. The molecule has 10 aromatic rings. The van der Waals surface area contributed by atoms with E-state index in [9.17, 15) is 10.5 Å². The van der Waals surface area contributed by atoms with E-state index in [-0.39, 0.29) is 29.5 Å². The van der Waals surface area contributed by atoms with Gasteiger partial charge in [0.15, 0.2) is 5.78 Å². The van der Waals surface area contributed by atoms with E-state index in [1.54, 1.807) is 0 Å². The third kappa shape index (κ3) is 3.45. The van der Waals surface area contributed by atoms with Crippen LogP contribution in [0.15, 0.2) is 140 Å². The Balaban J connectivity index is 1.20. The third-order valence-electron chi connectivity index (χ3n) is 15.9. The molecule has 0 amide bonds. The second-order valence-electron chi connectivity index (χ2n) is 18.7. The topological polar surface area (TPSA) is 69.1 Å². The van der Waals surface area contributed by atoms with Gasteiger partial charge in [-0.1, -0.05) is 135 Å². The molecule has 0 radical (unpaired) electrons. The van der Waals surface area contributed by atoms with E-state index in [0.29, 0.717) is 11.1 Å². The fourth-order valence-electron chi connectivity index (χ4n) is 13.7. The molecule has 0 unspecified atom stereocenters. The Kier molecular flexibility index (Phi) is 5.71. The molecule has 0 atom stereocenters. The molecule has 4 bridgehead atoms. The molecule has 8 aromatic carbocycles. The van der Waals surface area contributed by atoms with Crippen LogP contribution < -0.4 is 0 Å². The summed E-state index contributed by atoms with van der Waals surface area (Å²) in [5.41, 5.74) is 21.8. The van der Waals surface area contributed by atoms with Gasteiger partial charge in [0, 0.05) is 61.8 Å². The molecule has 0 fully saturated rings. The van der Waals surface area contributed by atoms with E-state index < -0.39 is 5.41 Å². The number of hydrogen-bond donors (Lipinski definition) is 0. The smallest absolute Gasteiger partial charge is 0.194 e. The van der Waals surface area contributed by atoms with Gasteiger partial charge in [-0.3, -0.25) is 4.79 Å². The molecule has 7 aliphatic carbocycles. The van der Waals surface area contributed by atoms with Crippen LogP contribution in [0.1, 0.15) is 142 Å². The van der Waals surface area contributed by atoms with Crippen LogP contribution in [0.2, 0.25) is 0 Å². The van der Waals surface area contributed by atoms with Crippen LogP contribution in [0, 0.1) is 22.7 Å². The predicted molar refractivity (Wildman–Crippen MR) is 242 cm³/mol. The summed E-state index contributed by atoms with van der Waals surface area (Å²) in [4.78, 5) is 15.5. The lowest BCUT2D eigenvalue weighted by Crippen LogP contribution is -2.31. The van der Waals surface area contributed by atoms with Crippen LogP contribution in [-0.4, -0.2) is 10.2 Å². The zero-order valence-corrected chi connectivity index (χ0v) is 33.8. The molecule has 4 heteroatoms. The van der Waals surface area contributed by atoms with Crippen molar-refractivity contribution in [1.82, 2.24) is 4.40 Å². The number of benzene rings is 8. The minimum absolute atomic E-state index is 0.0398. The standard InChI is InChI=1S/C58H33N3O/c1-58(2)40-22-12-11-21-38(40)57(62)51-41(58)25-39-50-42(23-28(26-59)44-46-30-13-3-7-17-34(30)48(53(44)50)35-18-8-4-14-31(35)46)61-43-24-29(27-60)45-47-32-15-5-9-19-36(32)49(37-20-10-6-16-33(37)47)54(45)52(43)55(51)56(39)61/h3-25,46-49H,1-2H3. The highest BCUT2D eigenvalue weighted by atomic mass is 16.1. The summed E-state index contributed by atoms with van der Waals surface area (Å²) in [7, 11) is 0. The summed E-state index contributed by atoms with van der Waals surface area (Å²) >= 11 is 0. The largest absolute Gasteiger partial charge is 0.308 e. The van der Waals surface area contributed by atoms with Crippen molar-refractivity contribution in [3.8, 4) is 12.1 Å². The maximum absolute atomic E-state index is 15.5. The van der Waals surface area contributed by atoms with Crippen molar-refractivity contribution < 1.29 is 4.79 Å². The SMILES string of the molecule is CC1(C)c2ccccc2C(=O)c2c1cc1c3c4c(c(C#N)cc3n3c5cc(C#N)c6c(c5c2c13)C1c2ccccc2C6c2ccccc21)C1c2ccccc2C4c2ccccc21. The summed E-state index contributed by atoms with van der Waals surface area (Å²) in [5.74, 6) is -0.359. The average Bonchev–Trinajstić information content (AvgIpc) is 3.84. The van der Waals surface area contributed by atoms with Gasteiger partial charge in [0.25, 0.3) is 0 Å². The zero-order chi connectivity index (χ0) is 41.1. The number of nitriles is 2. The number of nitrogens with zero attached hydrogens (tertiary/aromatic N) is 3. The van der Waals surface area contributed by atoms with E-state index in [4.69, 9.17) is 0 Å². The van der Waals surface area contributed by atoms with Gasteiger partial charge >= 0.3 is 0 Å². The van der Waals surface area contributed by atoms with Gasteiger partial charge in [0.05, 0.1) is 39.8 Å². The molecule has 2 aromatic heterocycles. The summed E-state index contributed by atoms with van der Waals surface area (Å²) < 4.78 is 2.35. The van der Waals surface area contributed by atoms with Crippen molar-refractivity contribution in [2.75, 3.05) is 0 Å². The van der Waals surface area contributed by atoms with Gasteiger partial charge in [-0.05, 0) is 96.1 Å². The molecule has 0 N–H and O–H groups in total. The predicted octanol–water partition coefficient (Wildman–Crippen LogP) is 12.4. The lowest BCUT2D eigenvalue weighted by atomic mass is 9.59. The summed E-state index contributed by atoms with van der Waals surface area (Å²) in [6, 6.07) is 55.2. The Morgan fingerprint density at radius 1 is 0.484 bits per heavy atom. The highest BCUT2D eigenvalue weighted by Crippen LogP contribution is 2.63. The number of hydrogen-bond acceptors (Lipinski definition) is 3. The van der Waals surface area contributed by atoms with Gasteiger partial charge in [0.2, 0.25) is 0 Å². The van der Waals surface area contributed by atoms with E-state index in [1.165, 1.54) is 50.1 Å². The van der Waals surface area contributed by atoms with Crippen molar-refractivity contribution in [1.29, 1.82) is 10.5 Å². The van der Waals surface area contributed by atoms with E-state index in [0.717, 1.165) is 77.0 Å². The lowest BCUT2D eigenvalue weighted by Gasteiger charge is -2.43. The molecule has 0 spiro atoms. The van der Waals surface area contributed by atoms with Gasteiger partial charge < -0.3 is 4.40 Å². The lowest BCUT2D eigenvalue weighted by molar-refractivity contribution is 0.103. The minimum Gasteiger partial charge on any atom is -0.308 e. The molecule has 0 saturated carbocycles. The van der Waals surface area contributed by atoms with E-state index in [2.05, 4.69) is 152 Å². The zero-order valence-electron chi connectivity index (χ0n) is 33.8. The Morgan fingerprint density at radius 3 is 1.35 bits per heavy atom.